The Bertz CT molecular complexity index is 1010. The third kappa shape index (κ3) is 3.62. The molecule has 4 rings (SSSR count). The van der Waals surface area contributed by atoms with E-state index in [1.807, 2.05) is 25.1 Å². The van der Waals surface area contributed by atoms with Crippen LogP contribution in [0.2, 0.25) is 0 Å². The van der Waals surface area contributed by atoms with Crippen LogP contribution in [-0.2, 0) is 11.3 Å². The molecule has 30 heavy (non-hydrogen) atoms. The van der Waals surface area contributed by atoms with E-state index in [2.05, 4.69) is 4.90 Å². The number of hydrogen-bond acceptors (Lipinski definition) is 7. The first-order chi connectivity index (χ1) is 14.5. The number of rotatable bonds is 6. The molecule has 0 atom stereocenters. The van der Waals surface area contributed by atoms with Gasteiger partial charge < -0.3 is 23.7 Å². The van der Waals surface area contributed by atoms with Gasteiger partial charge in [0.05, 0.1) is 26.4 Å². The van der Waals surface area contributed by atoms with E-state index >= 15 is 0 Å². The standard InChI is InChI=1S/C23H25NO6/c1-14-22-16(12-24(13-29-22)7-8-26-2)9-18-21(25)20(30-23(14)18)10-15-5-6-17(27-3)11-19(15)28-4/h5-6,9-11H,7-8,12-13H2,1-4H3/b20-10+. The van der Waals surface area contributed by atoms with Crippen LogP contribution in [0.15, 0.2) is 30.0 Å². The lowest BCUT2D eigenvalue weighted by Gasteiger charge is -2.30. The van der Waals surface area contributed by atoms with Crippen molar-refractivity contribution < 1.29 is 28.5 Å². The van der Waals surface area contributed by atoms with Crippen molar-refractivity contribution in [3.05, 3.63) is 52.3 Å². The lowest BCUT2D eigenvalue weighted by Crippen LogP contribution is -2.34. The number of benzene rings is 2. The topological polar surface area (TPSA) is 66.5 Å². The Morgan fingerprint density at radius 2 is 1.97 bits per heavy atom. The van der Waals surface area contributed by atoms with Crippen molar-refractivity contribution in [1.82, 2.24) is 4.90 Å². The molecule has 2 heterocycles. The van der Waals surface area contributed by atoms with Crippen molar-refractivity contribution >= 4 is 11.9 Å². The van der Waals surface area contributed by atoms with E-state index in [-0.39, 0.29) is 11.5 Å². The van der Waals surface area contributed by atoms with Gasteiger partial charge in [-0.15, -0.1) is 0 Å². The molecule has 0 unspecified atom stereocenters. The summed E-state index contributed by atoms with van der Waals surface area (Å²) in [6.45, 7) is 4.49. The number of ether oxygens (including phenoxy) is 5. The van der Waals surface area contributed by atoms with Crippen molar-refractivity contribution in [3.63, 3.8) is 0 Å². The number of ketones is 1. The molecule has 2 aliphatic rings. The molecule has 0 fully saturated rings. The molecule has 0 radical (unpaired) electrons. The monoisotopic (exact) mass is 411 g/mol. The Kier molecular flexibility index (Phi) is 5.65. The molecule has 0 saturated heterocycles. The minimum absolute atomic E-state index is 0.150. The number of Topliss-reactive ketones (excluding diaryl/α,β-unsaturated/α-hetero) is 1. The first kappa shape index (κ1) is 20.3. The van der Waals surface area contributed by atoms with Crippen LogP contribution in [0.1, 0.15) is 27.0 Å². The fraction of sp³-hybridized carbons (Fsp3) is 0.348. The summed E-state index contributed by atoms with van der Waals surface area (Å²) in [6.07, 6.45) is 1.70. The Labute approximate surface area is 175 Å². The van der Waals surface area contributed by atoms with Gasteiger partial charge in [-0.2, -0.15) is 0 Å². The maximum Gasteiger partial charge on any atom is 0.231 e. The number of methoxy groups -OCH3 is 3. The van der Waals surface area contributed by atoms with Gasteiger partial charge in [0.15, 0.2) is 5.76 Å². The molecule has 0 aliphatic carbocycles. The second-order valence-electron chi connectivity index (χ2n) is 7.23. The number of allylic oxidation sites excluding steroid dienone is 1. The van der Waals surface area contributed by atoms with Gasteiger partial charge >= 0.3 is 0 Å². The summed E-state index contributed by atoms with van der Waals surface area (Å²) in [6, 6.07) is 7.29. The maximum absolute atomic E-state index is 13.1. The van der Waals surface area contributed by atoms with Gasteiger partial charge in [-0.25, -0.2) is 0 Å². The molecule has 2 aromatic carbocycles. The lowest BCUT2D eigenvalue weighted by atomic mass is 10.00. The van der Waals surface area contributed by atoms with Crippen LogP contribution in [-0.4, -0.2) is 51.9 Å². The summed E-state index contributed by atoms with van der Waals surface area (Å²) < 4.78 is 27.8. The zero-order chi connectivity index (χ0) is 21.3. The van der Waals surface area contributed by atoms with E-state index in [9.17, 15) is 4.79 Å². The SMILES string of the molecule is COCCN1COc2c(cc3c(c2C)O/C(=C/c2ccc(OC)cc2OC)C3=O)C1. The molecule has 2 aliphatic heterocycles. The molecule has 0 saturated carbocycles. The van der Waals surface area contributed by atoms with E-state index in [1.165, 1.54) is 0 Å². The van der Waals surface area contributed by atoms with Gasteiger partial charge in [0, 0.05) is 43.0 Å². The largest absolute Gasteiger partial charge is 0.497 e. The Balaban J connectivity index is 1.66. The summed E-state index contributed by atoms with van der Waals surface area (Å²) in [5, 5.41) is 0. The highest BCUT2D eigenvalue weighted by Crippen LogP contribution is 2.43. The third-order valence-electron chi connectivity index (χ3n) is 5.34. The lowest BCUT2D eigenvalue weighted by molar-refractivity contribution is 0.0649. The van der Waals surface area contributed by atoms with Gasteiger partial charge in [0.25, 0.3) is 0 Å². The van der Waals surface area contributed by atoms with Gasteiger partial charge in [-0.05, 0) is 31.2 Å². The van der Waals surface area contributed by atoms with Gasteiger partial charge in [-0.1, -0.05) is 0 Å². The van der Waals surface area contributed by atoms with Crippen LogP contribution in [0.5, 0.6) is 23.0 Å². The van der Waals surface area contributed by atoms with E-state index in [0.717, 1.165) is 29.0 Å². The molecule has 0 bridgehead atoms. The molecular formula is C23H25NO6. The van der Waals surface area contributed by atoms with Crippen molar-refractivity contribution in [2.75, 3.05) is 41.2 Å². The Hall–Kier alpha value is -3.03. The van der Waals surface area contributed by atoms with Gasteiger partial charge in [-0.3, -0.25) is 9.69 Å². The molecule has 2 aromatic rings. The van der Waals surface area contributed by atoms with E-state index in [0.29, 0.717) is 42.7 Å². The zero-order valence-electron chi connectivity index (χ0n) is 17.6. The molecule has 7 nitrogen and oxygen atoms in total. The van der Waals surface area contributed by atoms with Crippen LogP contribution in [0, 0.1) is 6.92 Å². The average Bonchev–Trinajstić information content (AvgIpc) is 3.08. The predicted octanol–water partition coefficient (Wildman–Crippen LogP) is 3.43. The minimum Gasteiger partial charge on any atom is -0.497 e. The van der Waals surface area contributed by atoms with Crippen molar-refractivity contribution in [1.29, 1.82) is 0 Å². The summed E-state index contributed by atoms with van der Waals surface area (Å²) in [5.74, 6) is 2.73. The molecular weight excluding hydrogens is 386 g/mol. The van der Waals surface area contributed by atoms with Gasteiger partial charge in [0.1, 0.15) is 29.7 Å². The number of nitrogens with zero attached hydrogens (tertiary/aromatic N) is 1. The summed E-state index contributed by atoms with van der Waals surface area (Å²) in [4.78, 5) is 15.2. The third-order valence-corrected chi connectivity index (χ3v) is 5.34. The smallest absolute Gasteiger partial charge is 0.231 e. The van der Waals surface area contributed by atoms with Crippen LogP contribution < -0.4 is 18.9 Å². The van der Waals surface area contributed by atoms with E-state index in [1.54, 1.807) is 33.5 Å². The normalized spacial score (nSPS) is 16.7. The van der Waals surface area contributed by atoms with Crippen molar-refractivity contribution in [2.45, 2.75) is 13.5 Å². The Morgan fingerprint density at radius 3 is 2.70 bits per heavy atom. The van der Waals surface area contributed by atoms with Crippen molar-refractivity contribution in [2.24, 2.45) is 0 Å². The molecule has 0 amide bonds. The minimum atomic E-state index is -0.150. The zero-order valence-corrected chi connectivity index (χ0v) is 17.6. The van der Waals surface area contributed by atoms with Gasteiger partial charge in [0.2, 0.25) is 5.78 Å². The first-order valence-electron chi connectivity index (χ1n) is 9.72. The second kappa shape index (κ2) is 8.38. The first-order valence-corrected chi connectivity index (χ1v) is 9.72. The quantitative estimate of drug-likeness (QED) is 0.675. The molecule has 7 heteroatoms. The van der Waals surface area contributed by atoms with Crippen LogP contribution in [0.4, 0.5) is 0 Å². The molecule has 0 aromatic heterocycles. The Morgan fingerprint density at radius 1 is 1.13 bits per heavy atom. The average molecular weight is 411 g/mol. The van der Waals surface area contributed by atoms with Crippen LogP contribution in [0.25, 0.3) is 6.08 Å². The predicted molar refractivity (Wildman–Crippen MR) is 111 cm³/mol. The number of carbonyl (C=O) groups excluding carboxylic acids is 1. The fourth-order valence-electron chi connectivity index (χ4n) is 3.74. The molecule has 0 N–H and O–H groups in total. The molecule has 0 spiro atoms. The summed E-state index contributed by atoms with van der Waals surface area (Å²) >= 11 is 0. The fourth-order valence-corrected chi connectivity index (χ4v) is 3.74. The van der Waals surface area contributed by atoms with E-state index in [4.69, 9.17) is 23.7 Å². The van der Waals surface area contributed by atoms with E-state index < -0.39 is 0 Å². The number of fused-ring (bicyclic) bond motifs is 2. The summed E-state index contributed by atoms with van der Waals surface area (Å²) in [5.41, 5.74) is 3.11. The highest BCUT2D eigenvalue weighted by molar-refractivity contribution is 6.15. The second-order valence-corrected chi connectivity index (χ2v) is 7.23. The highest BCUT2D eigenvalue weighted by atomic mass is 16.5. The van der Waals surface area contributed by atoms with Crippen molar-refractivity contribution in [3.8, 4) is 23.0 Å². The number of carbonyl (C=O) groups is 1. The van der Waals surface area contributed by atoms with Crippen LogP contribution >= 0.6 is 0 Å². The highest BCUT2D eigenvalue weighted by Gasteiger charge is 2.33. The van der Waals surface area contributed by atoms with Crippen LogP contribution in [0.3, 0.4) is 0 Å². The molecule has 158 valence electrons. The summed E-state index contributed by atoms with van der Waals surface area (Å²) in [7, 11) is 4.85. The number of hydrogen-bond donors (Lipinski definition) is 0. The maximum atomic E-state index is 13.1.